The molecular formula is C19H20F3N3O3. The number of hydrogen-bond donors (Lipinski definition) is 0. The van der Waals surface area contributed by atoms with Gasteiger partial charge in [-0.15, -0.1) is 0 Å². The van der Waals surface area contributed by atoms with Crippen molar-refractivity contribution in [2.24, 2.45) is 0 Å². The molecule has 0 N–H and O–H groups in total. The summed E-state index contributed by atoms with van der Waals surface area (Å²) in [5.41, 5.74) is 0.746. The van der Waals surface area contributed by atoms with Gasteiger partial charge in [0.25, 0.3) is 0 Å². The van der Waals surface area contributed by atoms with Gasteiger partial charge in [-0.1, -0.05) is 19.1 Å². The number of carbonyl (C=O) groups excluding carboxylic acids is 1. The summed E-state index contributed by atoms with van der Waals surface area (Å²) in [7, 11) is 0. The van der Waals surface area contributed by atoms with Gasteiger partial charge in [-0.2, -0.15) is 13.2 Å². The van der Waals surface area contributed by atoms with Gasteiger partial charge < -0.3 is 9.32 Å². The summed E-state index contributed by atoms with van der Waals surface area (Å²) in [6, 6.07) is 9.95. The smallest absolute Gasteiger partial charge is 0.406 e. The Labute approximate surface area is 158 Å². The summed E-state index contributed by atoms with van der Waals surface area (Å²) < 4.78 is 46.7. The van der Waals surface area contributed by atoms with Crippen LogP contribution in [0.15, 0.2) is 51.9 Å². The van der Waals surface area contributed by atoms with E-state index in [0.717, 1.165) is 0 Å². The van der Waals surface area contributed by atoms with Crippen molar-refractivity contribution < 1.29 is 22.4 Å². The number of carbonyl (C=O) groups is 1. The molecule has 3 aromatic rings. The van der Waals surface area contributed by atoms with E-state index in [2.05, 4.69) is 0 Å². The predicted molar refractivity (Wildman–Crippen MR) is 96.7 cm³/mol. The molecule has 0 bridgehead atoms. The first-order valence-electron chi connectivity index (χ1n) is 8.85. The number of benzene rings is 1. The Kier molecular flexibility index (Phi) is 5.62. The summed E-state index contributed by atoms with van der Waals surface area (Å²) in [4.78, 5) is 26.1. The largest absolute Gasteiger partial charge is 0.467 e. The molecule has 0 unspecified atom stereocenters. The van der Waals surface area contributed by atoms with Gasteiger partial charge in [0.2, 0.25) is 5.91 Å². The monoisotopic (exact) mass is 395 g/mol. The highest BCUT2D eigenvalue weighted by Gasteiger charge is 2.33. The second kappa shape index (κ2) is 7.95. The molecule has 0 radical (unpaired) electrons. The number of imidazole rings is 1. The van der Waals surface area contributed by atoms with Crippen LogP contribution in [0, 0.1) is 0 Å². The van der Waals surface area contributed by atoms with Crippen LogP contribution in [0.5, 0.6) is 0 Å². The quantitative estimate of drug-likeness (QED) is 0.616. The second-order valence-electron chi connectivity index (χ2n) is 6.45. The maximum atomic E-state index is 13.0. The maximum absolute atomic E-state index is 13.0. The number of amides is 1. The van der Waals surface area contributed by atoms with Gasteiger partial charge in [0.15, 0.2) is 0 Å². The summed E-state index contributed by atoms with van der Waals surface area (Å²) in [5, 5.41) is 0. The molecule has 0 spiro atoms. The number of halogens is 3. The van der Waals surface area contributed by atoms with Gasteiger partial charge >= 0.3 is 11.9 Å². The van der Waals surface area contributed by atoms with Gasteiger partial charge in [0, 0.05) is 6.54 Å². The minimum absolute atomic E-state index is 0.235. The lowest BCUT2D eigenvalue weighted by Gasteiger charge is -2.23. The summed E-state index contributed by atoms with van der Waals surface area (Å²) >= 11 is 0. The Bertz CT molecular complexity index is 1000. The van der Waals surface area contributed by atoms with E-state index in [1.165, 1.54) is 27.5 Å². The number of para-hydroxylation sites is 2. The van der Waals surface area contributed by atoms with E-state index in [-0.39, 0.29) is 12.3 Å². The highest BCUT2D eigenvalue weighted by molar-refractivity contribution is 5.81. The lowest BCUT2D eigenvalue weighted by molar-refractivity contribution is -0.163. The number of fused-ring (bicyclic) bond motifs is 1. The third kappa shape index (κ3) is 4.29. The van der Waals surface area contributed by atoms with Crippen molar-refractivity contribution in [1.29, 1.82) is 0 Å². The van der Waals surface area contributed by atoms with Crippen molar-refractivity contribution in [3.05, 3.63) is 58.9 Å². The molecule has 28 heavy (non-hydrogen) atoms. The van der Waals surface area contributed by atoms with Crippen LogP contribution in [0.25, 0.3) is 11.0 Å². The van der Waals surface area contributed by atoms with E-state index in [4.69, 9.17) is 4.42 Å². The molecule has 0 aliphatic carbocycles. The zero-order chi connectivity index (χ0) is 20.3. The number of alkyl halides is 3. The molecule has 0 aliphatic heterocycles. The van der Waals surface area contributed by atoms with Crippen molar-refractivity contribution in [3.8, 4) is 0 Å². The number of aromatic nitrogens is 2. The Hall–Kier alpha value is -2.97. The molecule has 0 atom stereocenters. The minimum atomic E-state index is -4.57. The fourth-order valence-electron chi connectivity index (χ4n) is 3.14. The molecule has 0 fully saturated rings. The van der Waals surface area contributed by atoms with Gasteiger partial charge in [0.1, 0.15) is 18.8 Å². The number of nitrogens with zero attached hydrogens (tertiary/aromatic N) is 3. The van der Waals surface area contributed by atoms with Crippen LogP contribution in [0.2, 0.25) is 0 Å². The van der Waals surface area contributed by atoms with E-state index < -0.39 is 30.9 Å². The van der Waals surface area contributed by atoms with Crippen molar-refractivity contribution in [1.82, 2.24) is 14.0 Å². The van der Waals surface area contributed by atoms with Crippen LogP contribution in [-0.4, -0.2) is 32.7 Å². The van der Waals surface area contributed by atoms with Crippen LogP contribution in [0.1, 0.15) is 19.1 Å². The normalized spacial score (nSPS) is 11.9. The summed E-state index contributed by atoms with van der Waals surface area (Å²) in [5.74, 6) is -0.575. The SMILES string of the molecule is CCCn1c(=O)n(CC(=O)N(Cc2ccco2)CC(F)(F)F)c2ccccc21. The molecule has 2 heterocycles. The maximum Gasteiger partial charge on any atom is 0.406 e. The zero-order valence-corrected chi connectivity index (χ0v) is 15.3. The highest BCUT2D eigenvalue weighted by atomic mass is 19.4. The molecule has 3 rings (SSSR count). The number of aryl methyl sites for hydroxylation is 1. The lowest BCUT2D eigenvalue weighted by Crippen LogP contribution is -2.41. The first kappa shape index (κ1) is 19.8. The van der Waals surface area contributed by atoms with E-state index >= 15 is 0 Å². The van der Waals surface area contributed by atoms with Crippen molar-refractivity contribution in [2.45, 2.75) is 39.2 Å². The predicted octanol–water partition coefficient (Wildman–Crippen LogP) is 3.40. The van der Waals surface area contributed by atoms with Gasteiger partial charge in [0.05, 0.1) is 23.8 Å². The lowest BCUT2D eigenvalue weighted by atomic mass is 10.3. The fourth-order valence-corrected chi connectivity index (χ4v) is 3.14. The average molecular weight is 395 g/mol. The van der Waals surface area contributed by atoms with Crippen molar-refractivity contribution in [2.75, 3.05) is 6.54 Å². The van der Waals surface area contributed by atoms with Crippen molar-refractivity contribution in [3.63, 3.8) is 0 Å². The number of hydrogen-bond acceptors (Lipinski definition) is 3. The van der Waals surface area contributed by atoms with Crippen LogP contribution in [0.4, 0.5) is 13.2 Å². The Balaban J connectivity index is 1.93. The zero-order valence-electron chi connectivity index (χ0n) is 15.3. The van der Waals surface area contributed by atoms with Crippen LogP contribution in [-0.2, 0) is 24.4 Å². The van der Waals surface area contributed by atoms with Gasteiger partial charge in [-0.3, -0.25) is 13.9 Å². The summed E-state index contributed by atoms with van der Waals surface area (Å²) in [6.45, 7) is 0.146. The third-order valence-electron chi connectivity index (χ3n) is 4.32. The Morgan fingerprint density at radius 1 is 1.11 bits per heavy atom. The first-order valence-corrected chi connectivity index (χ1v) is 8.85. The Morgan fingerprint density at radius 3 is 2.36 bits per heavy atom. The minimum Gasteiger partial charge on any atom is -0.467 e. The van der Waals surface area contributed by atoms with Crippen molar-refractivity contribution >= 4 is 16.9 Å². The van der Waals surface area contributed by atoms with E-state index in [0.29, 0.717) is 28.9 Å². The molecule has 150 valence electrons. The van der Waals surface area contributed by atoms with Gasteiger partial charge in [-0.05, 0) is 30.7 Å². The first-order chi connectivity index (χ1) is 13.3. The molecule has 1 amide bonds. The second-order valence-corrected chi connectivity index (χ2v) is 6.45. The van der Waals surface area contributed by atoms with E-state index in [1.54, 1.807) is 24.3 Å². The summed E-state index contributed by atoms with van der Waals surface area (Å²) in [6.07, 6.45) is -2.53. The highest BCUT2D eigenvalue weighted by Crippen LogP contribution is 2.20. The van der Waals surface area contributed by atoms with Crippen LogP contribution >= 0.6 is 0 Å². The van der Waals surface area contributed by atoms with Gasteiger partial charge in [-0.25, -0.2) is 4.79 Å². The molecule has 9 heteroatoms. The molecular weight excluding hydrogens is 375 g/mol. The van der Waals surface area contributed by atoms with E-state index in [1.807, 2.05) is 6.92 Å². The molecule has 0 aliphatic rings. The standard InChI is InChI=1S/C19H20F3N3O3/c1-2-9-24-15-7-3-4-8-16(15)25(18(24)27)12-17(26)23(13-19(20,21)22)11-14-6-5-10-28-14/h3-8,10H,2,9,11-13H2,1H3. The average Bonchev–Trinajstić information content (AvgIpc) is 3.23. The number of furan rings is 1. The molecule has 2 aromatic heterocycles. The molecule has 0 saturated heterocycles. The third-order valence-corrected chi connectivity index (χ3v) is 4.32. The van der Waals surface area contributed by atoms with Crippen LogP contribution in [0.3, 0.4) is 0 Å². The Morgan fingerprint density at radius 2 is 1.79 bits per heavy atom. The van der Waals surface area contributed by atoms with Crippen LogP contribution < -0.4 is 5.69 Å². The van der Waals surface area contributed by atoms with E-state index in [9.17, 15) is 22.8 Å². The fraction of sp³-hybridized carbons (Fsp3) is 0.368. The molecule has 0 saturated carbocycles. The molecule has 6 nitrogen and oxygen atoms in total. The molecule has 1 aromatic carbocycles. The number of rotatable bonds is 7. The topological polar surface area (TPSA) is 60.4 Å².